The molecule has 0 saturated carbocycles. The van der Waals surface area contributed by atoms with Crippen LogP contribution in [0, 0.1) is 18.3 Å². The summed E-state index contributed by atoms with van der Waals surface area (Å²) in [4.78, 5) is 16.5. The van der Waals surface area contributed by atoms with Crippen LogP contribution in [0.4, 0.5) is 0 Å². The average Bonchev–Trinajstić information content (AvgIpc) is 3.09. The van der Waals surface area contributed by atoms with Crippen molar-refractivity contribution in [2.24, 2.45) is 11.3 Å². The van der Waals surface area contributed by atoms with Gasteiger partial charge in [-0.2, -0.15) is 0 Å². The molecule has 2 fully saturated rings. The largest absolute Gasteiger partial charge is 0.384 e. The highest BCUT2D eigenvalue weighted by molar-refractivity contribution is 7.88. The van der Waals surface area contributed by atoms with Gasteiger partial charge in [-0.05, 0) is 31.4 Å². The monoisotopic (exact) mass is 372 g/mol. The smallest absolute Gasteiger partial charge is 0.263 e. The molecule has 2 aliphatic rings. The zero-order valence-electron chi connectivity index (χ0n) is 14.3. The normalized spacial score (nSPS) is 28.1. The molecule has 1 aromatic heterocycles. The number of aryl methyl sites for hydroxylation is 1. The third kappa shape index (κ3) is 3.24. The summed E-state index contributed by atoms with van der Waals surface area (Å²) >= 11 is 1.51. The number of hydrogen-bond donors (Lipinski definition) is 0. The molecule has 0 spiro atoms. The van der Waals surface area contributed by atoms with E-state index in [4.69, 9.17) is 4.74 Å². The molecule has 2 aliphatic heterocycles. The number of sulfonamides is 1. The van der Waals surface area contributed by atoms with Gasteiger partial charge in [0.05, 0.1) is 17.7 Å². The lowest BCUT2D eigenvalue weighted by atomic mass is 9.73. The number of rotatable bonds is 4. The van der Waals surface area contributed by atoms with Crippen molar-refractivity contribution in [3.8, 4) is 0 Å². The fourth-order valence-corrected chi connectivity index (χ4v) is 5.68. The highest BCUT2D eigenvalue weighted by atomic mass is 32.2. The Hall–Kier alpha value is -0.960. The zero-order valence-corrected chi connectivity index (χ0v) is 16.0. The second-order valence-corrected chi connectivity index (χ2v) is 10.2. The van der Waals surface area contributed by atoms with Crippen molar-refractivity contribution in [1.29, 1.82) is 0 Å². The molecular weight excluding hydrogens is 348 g/mol. The van der Waals surface area contributed by atoms with Crippen molar-refractivity contribution >= 4 is 27.3 Å². The lowest BCUT2D eigenvalue weighted by molar-refractivity contribution is 0.00359. The fraction of sp³-hybridized carbons (Fsp3) is 0.688. The maximum atomic E-state index is 12.7. The Labute approximate surface area is 147 Å². The Morgan fingerprint density at radius 2 is 2.17 bits per heavy atom. The lowest BCUT2D eigenvalue weighted by Gasteiger charge is -2.43. The van der Waals surface area contributed by atoms with E-state index in [1.54, 1.807) is 11.4 Å². The molecule has 2 atom stereocenters. The van der Waals surface area contributed by atoms with E-state index in [0.717, 1.165) is 16.2 Å². The van der Waals surface area contributed by atoms with Crippen LogP contribution in [0.1, 0.15) is 21.0 Å². The van der Waals surface area contributed by atoms with Crippen molar-refractivity contribution in [2.45, 2.75) is 13.3 Å². The number of likely N-dealkylation sites (tertiary alicyclic amines) is 1. The second-order valence-electron chi connectivity index (χ2n) is 6.96. The summed E-state index contributed by atoms with van der Waals surface area (Å²) in [6.45, 7) is 4.71. The van der Waals surface area contributed by atoms with Gasteiger partial charge in [-0.25, -0.2) is 12.7 Å². The third-order valence-corrected chi connectivity index (χ3v) is 7.45. The molecule has 6 nitrogen and oxygen atoms in total. The van der Waals surface area contributed by atoms with E-state index in [1.807, 2.05) is 24.0 Å². The molecule has 0 N–H and O–H groups in total. The van der Waals surface area contributed by atoms with E-state index in [9.17, 15) is 13.2 Å². The van der Waals surface area contributed by atoms with Crippen LogP contribution in [0.3, 0.4) is 0 Å². The highest BCUT2D eigenvalue weighted by Gasteiger charge is 2.52. The first kappa shape index (κ1) is 17.8. The van der Waals surface area contributed by atoms with Gasteiger partial charge in [0.2, 0.25) is 10.0 Å². The molecule has 2 saturated heterocycles. The van der Waals surface area contributed by atoms with Gasteiger partial charge in [0.15, 0.2) is 0 Å². The lowest BCUT2D eigenvalue weighted by Crippen LogP contribution is -2.50. The summed E-state index contributed by atoms with van der Waals surface area (Å²) in [5.74, 6) is 0.169. The van der Waals surface area contributed by atoms with Crippen LogP contribution in [0.2, 0.25) is 0 Å². The molecule has 8 heteroatoms. The van der Waals surface area contributed by atoms with Crippen molar-refractivity contribution < 1.29 is 17.9 Å². The van der Waals surface area contributed by atoms with Gasteiger partial charge in [-0.15, -0.1) is 11.3 Å². The minimum absolute atomic E-state index is 0.0527. The van der Waals surface area contributed by atoms with E-state index in [1.165, 1.54) is 17.6 Å². The number of ether oxygens (including phenoxy) is 1. The van der Waals surface area contributed by atoms with Gasteiger partial charge in [0.1, 0.15) is 0 Å². The first-order chi connectivity index (χ1) is 11.2. The summed E-state index contributed by atoms with van der Waals surface area (Å²) < 4.78 is 30.9. The summed E-state index contributed by atoms with van der Waals surface area (Å²) in [6.07, 6.45) is 2.02. The molecule has 0 aliphatic carbocycles. The number of carbonyl (C=O) groups excluding carboxylic acids is 1. The Bertz CT molecular complexity index is 730. The summed E-state index contributed by atoms with van der Waals surface area (Å²) in [5, 5.41) is 0. The predicted molar refractivity (Wildman–Crippen MR) is 93.8 cm³/mol. The molecule has 3 heterocycles. The van der Waals surface area contributed by atoms with E-state index in [-0.39, 0.29) is 17.2 Å². The topological polar surface area (TPSA) is 66.9 Å². The van der Waals surface area contributed by atoms with Crippen LogP contribution in [-0.4, -0.2) is 69.7 Å². The summed E-state index contributed by atoms with van der Waals surface area (Å²) in [5.41, 5.74) is -0.181. The number of carbonyl (C=O) groups is 1. The predicted octanol–water partition coefficient (Wildman–Crippen LogP) is 1.43. The SMILES string of the molecule is COC[C@@]12CCN(C(=O)c3ccc(C)s3)C[C@@H]1CN(S(C)(=O)=O)C2. The standard InChI is InChI=1S/C16H24N2O4S2/c1-12-4-5-14(23-12)15(19)17-7-6-16(11-22-2)10-18(24(3,20)21)9-13(16)8-17/h4-5,13H,6-11H2,1-3H3/t13-,16+/m1/s1. The van der Waals surface area contributed by atoms with Crippen LogP contribution >= 0.6 is 11.3 Å². The minimum Gasteiger partial charge on any atom is -0.384 e. The maximum Gasteiger partial charge on any atom is 0.263 e. The maximum absolute atomic E-state index is 12.7. The Kier molecular flexibility index (Phi) is 4.76. The molecular formula is C16H24N2O4S2. The highest BCUT2D eigenvalue weighted by Crippen LogP contribution is 2.44. The number of hydrogen-bond acceptors (Lipinski definition) is 5. The molecule has 0 radical (unpaired) electrons. The Balaban J connectivity index is 1.79. The Morgan fingerprint density at radius 3 is 2.75 bits per heavy atom. The number of fused-ring (bicyclic) bond motifs is 1. The van der Waals surface area contributed by atoms with Gasteiger partial charge < -0.3 is 9.64 Å². The summed E-state index contributed by atoms with van der Waals surface area (Å²) in [6, 6.07) is 3.83. The van der Waals surface area contributed by atoms with Crippen molar-refractivity contribution in [3.63, 3.8) is 0 Å². The molecule has 3 rings (SSSR count). The number of nitrogens with zero attached hydrogens (tertiary/aromatic N) is 2. The first-order valence-electron chi connectivity index (χ1n) is 8.05. The molecule has 24 heavy (non-hydrogen) atoms. The quantitative estimate of drug-likeness (QED) is 0.802. The number of methoxy groups -OCH3 is 1. The number of thiophene rings is 1. The molecule has 0 bridgehead atoms. The van der Waals surface area contributed by atoms with E-state index < -0.39 is 10.0 Å². The molecule has 0 aromatic carbocycles. The summed E-state index contributed by atoms with van der Waals surface area (Å²) in [7, 11) is -1.57. The van der Waals surface area contributed by atoms with Gasteiger partial charge in [-0.1, -0.05) is 0 Å². The van der Waals surface area contributed by atoms with Gasteiger partial charge in [0.25, 0.3) is 5.91 Å². The first-order valence-corrected chi connectivity index (χ1v) is 10.7. The van der Waals surface area contributed by atoms with Crippen LogP contribution in [0.25, 0.3) is 0 Å². The van der Waals surface area contributed by atoms with Crippen molar-refractivity contribution in [1.82, 2.24) is 9.21 Å². The van der Waals surface area contributed by atoms with Crippen molar-refractivity contribution in [3.05, 3.63) is 21.9 Å². The van der Waals surface area contributed by atoms with Gasteiger partial charge in [-0.3, -0.25) is 4.79 Å². The van der Waals surface area contributed by atoms with E-state index >= 15 is 0 Å². The van der Waals surface area contributed by atoms with E-state index in [0.29, 0.717) is 32.8 Å². The molecule has 1 amide bonds. The van der Waals surface area contributed by atoms with Crippen LogP contribution in [0.5, 0.6) is 0 Å². The molecule has 0 unspecified atom stereocenters. The molecule has 1 aromatic rings. The number of amides is 1. The Morgan fingerprint density at radius 1 is 1.42 bits per heavy atom. The molecule has 134 valence electrons. The van der Waals surface area contributed by atoms with Crippen LogP contribution < -0.4 is 0 Å². The van der Waals surface area contributed by atoms with Crippen LogP contribution in [-0.2, 0) is 14.8 Å². The fourth-order valence-electron chi connectivity index (χ4n) is 3.90. The zero-order chi connectivity index (χ0) is 17.5. The minimum atomic E-state index is -3.23. The second kappa shape index (κ2) is 6.40. The van der Waals surface area contributed by atoms with Gasteiger partial charge in [0, 0.05) is 43.6 Å². The van der Waals surface area contributed by atoms with Crippen molar-refractivity contribution in [2.75, 3.05) is 46.2 Å². The number of piperidine rings is 1. The van der Waals surface area contributed by atoms with Gasteiger partial charge >= 0.3 is 0 Å². The van der Waals surface area contributed by atoms with Crippen LogP contribution in [0.15, 0.2) is 12.1 Å². The third-order valence-electron chi connectivity index (χ3n) is 5.24. The average molecular weight is 373 g/mol. The van der Waals surface area contributed by atoms with E-state index in [2.05, 4.69) is 0 Å².